The number of rotatable bonds is 0. The molecule has 1 saturated heterocycles. The van der Waals surface area contributed by atoms with Crippen LogP contribution in [0.25, 0.3) is 0 Å². The Morgan fingerprint density at radius 1 is 0.933 bits per heavy atom. The molecule has 3 rings (SSSR count). The third-order valence-corrected chi connectivity index (χ3v) is 4.59. The van der Waals surface area contributed by atoms with Crippen molar-refractivity contribution in [2.45, 2.75) is 63.5 Å². The average Bonchev–Trinajstić information content (AvgIpc) is 3.01. The van der Waals surface area contributed by atoms with Crippen molar-refractivity contribution in [2.24, 2.45) is 5.41 Å². The molecule has 0 aromatic rings. The molecule has 2 N–H and O–H groups in total. The lowest BCUT2D eigenvalue weighted by molar-refractivity contribution is -0.126. The molecule has 0 bridgehead atoms. The number of Topliss-reactive ketones (excluding diaryl/α,β-unsaturated/α-hetero) is 1. The van der Waals surface area contributed by atoms with Gasteiger partial charge in [0.15, 0.2) is 11.4 Å². The van der Waals surface area contributed by atoms with E-state index in [2.05, 4.69) is 10.9 Å². The topological polar surface area (TPSA) is 61.0 Å². The quantitative estimate of drug-likeness (QED) is 0.597. The largest absolute Gasteiger partial charge is 0.296 e. The van der Waals surface area contributed by atoms with E-state index < -0.39 is 0 Å². The van der Waals surface area contributed by atoms with Gasteiger partial charge in [0.05, 0.1) is 0 Å². The number of nitrogens with one attached hydrogen (secondary N) is 2. The molecule has 1 aliphatic heterocycles. The summed E-state index contributed by atoms with van der Waals surface area (Å²) in [5, 5.41) is 0. The van der Waals surface area contributed by atoms with Crippen molar-refractivity contribution in [3.05, 3.63) is 0 Å². The first kappa shape index (κ1) is 9.79. The van der Waals surface area contributed by atoms with Gasteiger partial charge < -0.3 is 0 Å². The molecule has 0 aromatic carbocycles. The molecule has 2 aliphatic carbocycles. The van der Waals surface area contributed by atoms with Crippen molar-refractivity contribution in [3.63, 3.8) is 0 Å². The molecule has 84 valence electrons. The van der Waals surface area contributed by atoms with E-state index in [0.29, 0.717) is 11.2 Å². The molecule has 3 fully saturated rings. The highest BCUT2D eigenvalue weighted by molar-refractivity contribution is 5.91. The van der Waals surface area contributed by atoms with Gasteiger partial charge in [-0.1, -0.05) is 25.7 Å². The summed E-state index contributed by atoms with van der Waals surface area (Å²) >= 11 is 0. The van der Waals surface area contributed by atoms with Crippen molar-refractivity contribution in [1.82, 2.24) is 10.9 Å². The highest BCUT2D eigenvalue weighted by atomic mass is 16.1. The minimum atomic E-state index is -0.289. The van der Waals surface area contributed by atoms with Crippen molar-refractivity contribution in [2.75, 3.05) is 0 Å². The molecule has 1 heterocycles. The molecule has 3 nitrogen and oxygen atoms in total. The summed E-state index contributed by atoms with van der Waals surface area (Å²) in [5.41, 5.74) is 6.37. The third kappa shape index (κ3) is 1.62. The van der Waals surface area contributed by atoms with Gasteiger partial charge in [0, 0.05) is 6.42 Å². The zero-order valence-electron chi connectivity index (χ0n) is 9.27. The van der Waals surface area contributed by atoms with Crippen LogP contribution in [-0.2, 0) is 4.79 Å². The molecule has 2 spiro atoms. The normalized spacial score (nSPS) is 32.9. The molecule has 0 atom stereocenters. The lowest BCUT2D eigenvalue weighted by Gasteiger charge is -2.38. The molecular weight excluding hydrogens is 188 g/mol. The summed E-state index contributed by atoms with van der Waals surface area (Å²) in [4.78, 5) is 11.8. The lowest BCUT2D eigenvalue weighted by atomic mass is 9.66. The second kappa shape index (κ2) is 3.29. The Morgan fingerprint density at radius 2 is 1.60 bits per heavy atom. The van der Waals surface area contributed by atoms with Crippen LogP contribution in [0.3, 0.4) is 0 Å². The van der Waals surface area contributed by atoms with E-state index in [1.165, 1.54) is 38.5 Å². The van der Waals surface area contributed by atoms with Crippen LogP contribution in [-0.4, -0.2) is 11.4 Å². The summed E-state index contributed by atoms with van der Waals surface area (Å²) in [7, 11) is 0. The van der Waals surface area contributed by atoms with Gasteiger partial charge in [-0.15, -0.1) is 0 Å². The Morgan fingerprint density at radius 3 is 2.20 bits per heavy atom. The van der Waals surface area contributed by atoms with Gasteiger partial charge in [0.25, 0.3) is 0 Å². The first-order valence-corrected chi connectivity index (χ1v) is 6.33. The van der Waals surface area contributed by atoms with E-state index in [0.717, 1.165) is 19.3 Å². The van der Waals surface area contributed by atoms with Crippen LogP contribution in [0.15, 0.2) is 0 Å². The lowest BCUT2D eigenvalue weighted by Crippen LogP contribution is -2.43. The van der Waals surface area contributed by atoms with Gasteiger partial charge in [0.2, 0.25) is 0 Å². The average molecular weight is 208 g/mol. The number of carbonyl (C=O) groups is 1. The Labute approximate surface area is 91.0 Å². The van der Waals surface area contributed by atoms with Gasteiger partial charge in [0.1, 0.15) is 0 Å². The Kier molecular flexibility index (Phi) is 2.15. The van der Waals surface area contributed by atoms with Crippen molar-refractivity contribution >= 4 is 5.78 Å². The van der Waals surface area contributed by atoms with Crippen LogP contribution in [0.2, 0.25) is 0 Å². The zero-order valence-corrected chi connectivity index (χ0v) is 9.27. The fourth-order valence-corrected chi connectivity index (χ4v) is 3.55. The number of hydrogen-bond donors (Lipinski definition) is 2. The minimum absolute atomic E-state index is 0.289. The van der Waals surface area contributed by atoms with Gasteiger partial charge >= 0.3 is 0 Å². The van der Waals surface area contributed by atoms with E-state index in [-0.39, 0.29) is 5.66 Å². The van der Waals surface area contributed by atoms with Crippen molar-refractivity contribution < 1.29 is 4.79 Å². The molecule has 15 heavy (non-hydrogen) atoms. The number of hydrogen-bond acceptors (Lipinski definition) is 3. The Hall–Kier alpha value is -0.410. The van der Waals surface area contributed by atoms with Crippen LogP contribution in [0.4, 0.5) is 0 Å². The standard InChI is InChI=1S/C12H20N2O/c15-10-5-8-11(9-12(10)13-14-12)6-3-1-2-4-7-11/h13-14H,1-9H2. The first-order valence-electron chi connectivity index (χ1n) is 6.33. The van der Waals surface area contributed by atoms with Gasteiger partial charge in [-0.3, -0.25) is 4.79 Å². The SMILES string of the molecule is O=C1CCC2(CCCCCC2)CC12NN2. The summed E-state index contributed by atoms with van der Waals surface area (Å²) in [6.45, 7) is 0. The van der Waals surface area contributed by atoms with Crippen LogP contribution >= 0.6 is 0 Å². The van der Waals surface area contributed by atoms with E-state index in [4.69, 9.17) is 0 Å². The second-order valence-corrected chi connectivity index (χ2v) is 5.67. The summed E-state index contributed by atoms with van der Waals surface area (Å²) in [6.07, 6.45) is 11.1. The fraction of sp³-hybridized carbons (Fsp3) is 0.917. The van der Waals surface area contributed by atoms with Gasteiger partial charge in [-0.05, 0) is 31.1 Å². The summed E-state index contributed by atoms with van der Waals surface area (Å²) < 4.78 is 0. The monoisotopic (exact) mass is 208 g/mol. The maximum atomic E-state index is 11.8. The molecule has 0 aromatic heterocycles. The number of hydrazine groups is 1. The zero-order chi connectivity index (χ0) is 10.4. The molecule has 3 heteroatoms. The molecule has 3 aliphatic rings. The second-order valence-electron chi connectivity index (χ2n) is 5.67. The summed E-state index contributed by atoms with van der Waals surface area (Å²) in [6, 6.07) is 0. The van der Waals surface area contributed by atoms with Crippen molar-refractivity contribution in [1.29, 1.82) is 0 Å². The third-order valence-electron chi connectivity index (χ3n) is 4.59. The van der Waals surface area contributed by atoms with Crippen LogP contribution in [0.1, 0.15) is 57.8 Å². The van der Waals surface area contributed by atoms with E-state index in [1.807, 2.05) is 0 Å². The van der Waals surface area contributed by atoms with Crippen LogP contribution in [0.5, 0.6) is 0 Å². The summed E-state index contributed by atoms with van der Waals surface area (Å²) in [5.74, 6) is 0.386. The van der Waals surface area contributed by atoms with Crippen LogP contribution < -0.4 is 10.9 Å². The van der Waals surface area contributed by atoms with E-state index in [1.54, 1.807) is 0 Å². The van der Waals surface area contributed by atoms with Crippen LogP contribution in [0, 0.1) is 5.41 Å². The van der Waals surface area contributed by atoms with E-state index in [9.17, 15) is 4.79 Å². The smallest absolute Gasteiger partial charge is 0.169 e. The molecule has 0 amide bonds. The molecular formula is C12H20N2O. The highest BCUT2D eigenvalue weighted by Crippen LogP contribution is 2.49. The predicted molar refractivity (Wildman–Crippen MR) is 58.0 cm³/mol. The van der Waals surface area contributed by atoms with Gasteiger partial charge in [-0.25, -0.2) is 10.9 Å². The van der Waals surface area contributed by atoms with E-state index >= 15 is 0 Å². The maximum absolute atomic E-state index is 11.8. The Balaban J connectivity index is 1.77. The molecule has 0 radical (unpaired) electrons. The van der Waals surface area contributed by atoms with Gasteiger partial charge in [-0.2, -0.15) is 0 Å². The highest BCUT2D eigenvalue weighted by Gasteiger charge is 2.56. The molecule has 2 saturated carbocycles. The number of ketones is 1. The predicted octanol–water partition coefficient (Wildman–Crippen LogP) is 1.88. The van der Waals surface area contributed by atoms with Crippen molar-refractivity contribution in [3.8, 4) is 0 Å². The fourth-order valence-electron chi connectivity index (χ4n) is 3.55. The molecule has 0 unspecified atom stereocenters. The minimum Gasteiger partial charge on any atom is -0.296 e. The maximum Gasteiger partial charge on any atom is 0.169 e. The number of carbonyl (C=O) groups excluding carboxylic acids is 1. The Bertz CT molecular complexity index is 275. The first-order chi connectivity index (χ1) is 7.25.